The Balaban J connectivity index is 2.15. The van der Waals surface area contributed by atoms with Crippen LogP contribution < -0.4 is 15.4 Å². The van der Waals surface area contributed by atoms with E-state index in [2.05, 4.69) is 15.6 Å². The monoisotopic (exact) mass is 291 g/mol. The molecule has 0 unspecified atom stereocenters. The van der Waals surface area contributed by atoms with Crippen LogP contribution in [0.2, 0.25) is 0 Å². The quantitative estimate of drug-likeness (QED) is 0.889. The summed E-state index contributed by atoms with van der Waals surface area (Å²) in [5, 5.41) is 6.07. The fourth-order valence-corrected chi connectivity index (χ4v) is 2.52. The molecule has 0 atom stereocenters. The summed E-state index contributed by atoms with van der Waals surface area (Å²) < 4.78 is 5.32. The predicted octanol–water partition coefficient (Wildman–Crippen LogP) is 3.03. The Morgan fingerprint density at radius 1 is 1.45 bits per heavy atom. The molecule has 0 saturated heterocycles. The maximum Gasteiger partial charge on any atom is 0.221 e. The molecule has 0 radical (unpaired) electrons. The van der Waals surface area contributed by atoms with Crippen molar-refractivity contribution < 1.29 is 9.53 Å². The first-order chi connectivity index (χ1) is 9.60. The van der Waals surface area contributed by atoms with Gasteiger partial charge in [0.15, 0.2) is 0 Å². The normalized spacial score (nSPS) is 10.2. The first-order valence-corrected chi connectivity index (χ1v) is 7.06. The van der Waals surface area contributed by atoms with Crippen molar-refractivity contribution in [2.24, 2.45) is 0 Å². The van der Waals surface area contributed by atoms with Gasteiger partial charge in [-0.15, -0.1) is 11.3 Å². The molecule has 20 heavy (non-hydrogen) atoms. The average molecular weight is 291 g/mol. The fourth-order valence-electron chi connectivity index (χ4n) is 1.80. The zero-order valence-electron chi connectivity index (χ0n) is 11.7. The number of aryl methyl sites for hydroxylation is 1. The van der Waals surface area contributed by atoms with E-state index in [1.54, 1.807) is 18.4 Å². The smallest absolute Gasteiger partial charge is 0.221 e. The lowest BCUT2D eigenvalue weighted by molar-refractivity contribution is -0.114. The van der Waals surface area contributed by atoms with Crippen molar-refractivity contribution in [1.29, 1.82) is 0 Å². The highest BCUT2D eigenvalue weighted by Crippen LogP contribution is 2.28. The lowest BCUT2D eigenvalue weighted by atomic mass is 10.2. The van der Waals surface area contributed by atoms with Crippen LogP contribution in [0.15, 0.2) is 23.7 Å². The molecule has 2 rings (SSSR count). The molecule has 106 valence electrons. The van der Waals surface area contributed by atoms with Gasteiger partial charge in [-0.05, 0) is 25.1 Å². The van der Waals surface area contributed by atoms with Crippen LogP contribution in [0, 0.1) is 6.92 Å². The van der Waals surface area contributed by atoms with Gasteiger partial charge in [-0.3, -0.25) is 4.79 Å². The van der Waals surface area contributed by atoms with Crippen molar-refractivity contribution >= 4 is 28.6 Å². The minimum Gasteiger partial charge on any atom is -0.495 e. The van der Waals surface area contributed by atoms with E-state index in [4.69, 9.17) is 4.74 Å². The number of nitrogens with one attached hydrogen (secondary N) is 2. The summed E-state index contributed by atoms with van der Waals surface area (Å²) in [6.45, 7) is 4.15. The molecule has 6 heteroatoms. The van der Waals surface area contributed by atoms with Crippen LogP contribution in [0.25, 0.3) is 0 Å². The zero-order chi connectivity index (χ0) is 14.5. The molecule has 0 saturated carbocycles. The number of hydrogen-bond acceptors (Lipinski definition) is 5. The maximum atomic E-state index is 11.1. The van der Waals surface area contributed by atoms with Gasteiger partial charge in [-0.1, -0.05) is 0 Å². The summed E-state index contributed by atoms with van der Waals surface area (Å²) >= 11 is 1.61. The first kappa shape index (κ1) is 14.3. The maximum absolute atomic E-state index is 11.1. The van der Waals surface area contributed by atoms with Crippen molar-refractivity contribution in [1.82, 2.24) is 4.98 Å². The van der Waals surface area contributed by atoms with Crippen LogP contribution >= 0.6 is 11.3 Å². The molecule has 1 amide bonds. The third-order valence-corrected chi connectivity index (χ3v) is 3.74. The van der Waals surface area contributed by atoms with Crippen LogP contribution in [0.4, 0.5) is 11.4 Å². The van der Waals surface area contributed by atoms with E-state index >= 15 is 0 Å². The van der Waals surface area contributed by atoms with E-state index < -0.39 is 0 Å². The summed E-state index contributed by atoms with van der Waals surface area (Å²) in [6, 6.07) is 5.49. The number of rotatable bonds is 5. The van der Waals surface area contributed by atoms with E-state index in [0.717, 1.165) is 22.8 Å². The Hall–Kier alpha value is -2.08. The van der Waals surface area contributed by atoms with Gasteiger partial charge in [-0.25, -0.2) is 4.98 Å². The van der Waals surface area contributed by atoms with Crippen LogP contribution in [0.3, 0.4) is 0 Å². The molecular formula is C14H17N3O2S. The van der Waals surface area contributed by atoms with E-state index in [1.165, 1.54) is 11.8 Å². The molecule has 0 bridgehead atoms. The van der Waals surface area contributed by atoms with Gasteiger partial charge >= 0.3 is 0 Å². The number of carbonyl (C=O) groups is 1. The van der Waals surface area contributed by atoms with Crippen LogP contribution in [0.5, 0.6) is 5.75 Å². The Bertz CT molecular complexity index is 610. The molecule has 2 N–H and O–H groups in total. The first-order valence-electron chi connectivity index (χ1n) is 6.18. The summed E-state index contributed by atoms with van der Waals surface area (Å²) in [5.41, 5.74) is 4.44. The highest BCUT2D eigenvalue weighted by molar-refractivity contribution is 7.09. The molecule has 2 aromatic rings. The number of thiazole rings is 1. The molecule has 0 aliphatic heterocycles. The fraction of sp³-hybridized carbons (Fsp3) is 0.286. The van der Waals surface area contributed by atoms with Crippen molar-refractivity contribution in [3.63, 3.8) is 0 Å². The van der Waals surface area contributed by atoms with E-state index in [-0.39, 0.29) is 5.91 Å². The number of ether oxygens (including phenoxy) is 1. The SMILES string of the molecule is COc1ccc(NC(C)=O)cc1NCc1scnc1C. The number of hydrogen-bond donors (Lipinski definition) is 2. The second-order valence-corrected chi connectivity index (χ2v) is 5.25. The molecule has 1 aromatic heterocycles. The van der Waals surface area contributed by atoms with Crippen molar-refractivity contribution in [2.75, 3.05) is 17.7 Å². The minimum atomic E-state index is -0.0978. The van der Waals surface area contributed by atoms with Crippen LogP contribution in [-0.4, -0.2) is 18.0 Å². The van der Waals surface area contributed by atoms with Crippen molar-refractivity contribution in [2.45, 2.75) is 20.4 Å². The molecular weight excluding hydrogens is 274 g/mol. The highest BCUT2D eigenvalue weighted by Gasteiger charge is 2.07. The van der Waals surface area contributed by atoms with Gasteiger partial charge in [0.25, 0.3) is 0 Å². The van der Waals surface area contributed by atoms with Gasteiger partial charge in [0, 0.05) is 17.5 Å². The zero-order valence-corrected chi connectivity index (χ0v) is 12.5. The molecule has 1 aromatic carbocycles. The topological polar surface area (TPSA) is 63.2 Å². The van der Waals surface area contributed by atoms with E-state index in [9.17, 15) is 4.79 Å². The van der Waals surface area contributed by atoms with Crippen LogP contribution in [0.1, 0.15) is 17.5 Å². The minimum absolute atomic E-state index is 0.0978. The highest BCUT2D eigenvalue weighted by atomic mass is 32.1. The number of anilines is 2. The van der Waals surface area contributed by atoms with Crippen molar-refractivity contribution in [3.05, 3.63) is 34.3 Å². The average Bonchev–Trinajstić information content (AvgIpc) is 2.81. The van der Waals surface area contributed by atoms with Gasteiger partial charge in [0.05, 0.1) is 30.5 Å². The van der Waals surface area contributed by atoms with Crippen LogP contribution in [-0.2, 0) is 11.3 Å². The number of benzene rings is 1. The lowest BCUT2D eigenvalue weighted by Crippen LogP contribution is -2.07. The van der Waals surface area contributed by atoms with E-state index in [1.807, 2.05) is 30.6 Å². The van der Waals surface area contributed by atoms with Gasteiger partial charge < -0.3 is 15.4 Å². The largest absolute Gasteiger partial charge is 0.495 e. The summed E-state index contributed by atoms with van der Waals surface area (Å²) in [4.78, 5) is 16.5. The molecule has 0 aliphatic carbocycles. The summed E-state index contributed by atoms with van der Waals surface area (Å²) in [7, 11) is 1.62. The third kappa shape index (κ3) is 3.48. The van der Waals surface area contributed by atoms with Gasteiger partial charge in [0.2, 0.25) is 5.91 Å². The number of nitrogens with zero attached hydrogens (tertiary/aromatic N) is 1. The summed E-state index contributed by atoms with van der Waals surface area (Å²) in [6.07, 6.45) is 0. The van der Waals surface area contributed by atoms with Gasteiger partial charge in [-0.2, -0.15) is 0 Å². The lowest BCUT2D eigenvalue weighted by Gasteiger charge is -2.13. The summed E-state index contributed by atoms with van der Waals surface area (Å²) in [5.74, 6) is 0.640. The van der Waals surface area contributed by atoms with E-state index in [0.29, 0.717) is 6.54 Å². The Morgan fingerprint density at radius 2 is 2.25 bits per heavy atom. The second kappa shape index (κ2) is 6.38. The Labute approximate surface area is 122 Å². The third-order valence-electron chi connectivity index (χ3n) is 2.80. The molecule has 0 fully saturated rings. The number of aromatic nitrogens is 1. The molecule has 0 aliphatic rings. The molecule has 1 heterocycles. The second-order valence-electron chi connectivity index (χ2n) is 4.31. The Kier molecular flexibility index (Phi) is 4.57. The van der Waals surface area contributed by atoms with Crippen molar-refractivity contribution in [3.8, 4) is 5.75 Å². The standard InChI is InChI=1S/C14H17N3O2S/c1-9-14(20-8-16-9)7-15-12-6-11(17-10(2)18)4-5-13(12)19-3/h4-6,8,15H,7H2,1-3H3,(H,17,18). The number of carbonyl (C=O) groups excluding carboxylic acids is 1. The predicted molar refractivity (Wildman–Crippen MR) is 81.5 cm³/mol. The molecule has 0 spiro atoms. The molecule has 5 nitrogen and oxygen atoms in total. The Morgan fingerprint density at radius 3 is 2.85 bits per heavy atom. The number of methoxy groups -OCH3 is 1. The number of amides is 1. The van der Waals surface area contributed by atoms with Gasteiger partial charge in [0.1, 0.15) is 5.75 Å².